The molecule has 2 aromatic rings. The number of rotatable bonds is 7. The van der Waals surface area contributed by atoms with E-state index in [1.807, 2.05) is 0 Å². The molecule has 0 atom stereocenters. The van der Waals surface area contributed by atoms with Crippen molar-refractivity contribution < 1.29 is 28.5 Å². The SMILES string of the molecule is COc1ccc(C(=O)COC(=O)c2cccc(OC)c2OC)cc1Br. The number of hydrogen-bond donors (Lipinski definition) is 0. The van der Waals surface area contributed by atoms with Gasteiger partial charge in [-0.25, -0.2) is 4.79 Å². The second kappa shape index (κ2) is 8.53. The van der Waals surface area contributed by atoms with Crippen molar-refractivity contribution in [1.29, 1.82) is 0 Å². The summed E-state index contributed by atoms with van der Waals surface area (Å²) in [4.78, 5) is 24.5. The van der Waals surface area contributed by atoms with Crippen molar-refractivity contribution in [2.75, 3.05) is 27.9 Å². The molecule has 0 unspecified atom stereocenters. The van der Waals surface area contributed by atoms with E-state index in [4.69, 9.17) is 18.9 Å². The van der Waals surface area contributed by atoms with Crippen molar-refractivity contribution >= 4 is 27.7 Å². The standard InChI is InChI=1S/C18H17BrO6/c1-22-15-8-7-11(9-13(15)19)14(20)10-25-18(21)12-5-4-6-16(23-2)17(12)24-3/h4-9H,10H2,1-3H3. The van der Waals surface area contributed by atoms with Crippen molar-refractivity contribution in [3.63, 3.8) is 0 Å². The zero-order valence-corrected chi connectivity index (χ0v) is 15.6. The smallest absolute Gasteiger partial charge is 0.342 e. The first kappa shape index (κ1) is 18.8. The van der Waals surface area contributed by atoms with Gasteiger partial charge in [-0.2, -0.15) is 0 Å². The quantitative estimate of drug-likeness (QED) is 0.515. The minimum Gasteiger partial charge on any atom is -0.496 e. The van der Waals surface area contributed by atoms with E-state index in [-0.39, 0.29) is 17.1 Å². The van der Waals surface area contributed by atoms with Gasteiger partial charge in [0.15, 0.2) is 23.9 Å². The molecular formula is C18H17BrO6. The number of methoxy groups -OCH3 is 3. The second-order valence-electron chi connectivity index (χ2n) is 4.89. The number of Topliss-reactive ketones (excluding diaryl/α,β-unsaturated/α-hetero) is 1. The first-order valence-electron chi connectivity index (χ1n) is 7.26. The molecule has 25 heavy (non-hydrogen) atoms. The molecule has 7 heteroatoms. The van der Waals surface area contributed by atoms with Gasteiger partial charge >= 0.3 is 5.97 Å². The van der Waals surface area contributed by atoms with Crippen molar-refractivity contribution in [3.05, 3.63) is 52.0 Å². The molecule has 0 bridgehead atoms. The normalized spacial score (nSPS) is 10.1. The van der Waals surface area contributed by atoms with Crippen LogP contribution in [-0.4, -0.2) is 39.7 Å². The number of halogens is 1. The molecule has 0 spiro atoms. The van der Waals surface area contributed by atoms with E-state index >= 15 is 0 Å². The Bertz CT molecular complexity index is 787. The molecule has 132 valence electrons. The Hall–Kier alpha value is -2.54. The van der Waals surface area contributed by atoms with Gasteiger partial charge in [-0.15, -0.1) is 0 Å². The number of carbonyl (C=O) groups is 2. The number of ketones is 1. The Kier molecular flexibility index (Phi) is 6.41. The number of benzene rings is 2. The van der Waals surface area contributed by atoms with Crippen LogP contribution in [0.25, 0.3) is 0 Å². The van der Waals surface area contributed by atoms with Crippen LogP contribution in [0.1, 0.15) is 20.7 Å². The predicted octanol–water partition coefficient (Wildman–Crippen LogP) is 3.51. The van der Waals surface area contributed by atoms with Gasteiger partial charge in [-0.3, -0.25) is 4.79 Å². The molecule has 0 radical (unpaired) electrons. The van der Waals surface area contributed by atoms with Crippen LogP contribution in [0.15, 0.2) is 40.9 Å². The highest BCUT2D eigenvalue weighted by molar-refractivity contribution is 9.10. The van der Waals surface area contributed by atoms with Crippen molar-refractivity contribution in [2.24, 2.45) is 0 Å². The summed E-state index contributed by atoms with van der Waals surface area (Å²) in [7, 11) is 4.43. The summed E-state index contributed by atoms with van der Waals surface area (Å²) in [5, 5.41) is 0. The van der Waals surface area contributed by atoms with Gasteiger partial charge in [0.2, 0.25) is 0 Å². The van der Waals surface area contributed by atoms with Gasteiger partial charge in [0.25, 0.3) is 0 Å². The fraction of sp³-hybridized carbons (Fsp3) is 0.222. The predicted molar refractivity (Wildman–Crippen MR) is 94.9 cm³/mol. The lowest BCUT2D eigenvalue weighted by atomic mass is 10.1. The van der Waals surface area contributed by atoms with Gasteiger partial charge in [-0.1, -0.05) is 6.07 Å². The lowest BCUT2D eigenvalue weighted by Crippen LogP contribution is -2.15. The summed E-state index contributed by atoms with van der Waals surface area (Å²) in [5.41, 5.74) is 0.587. The van der Waals surface area contributed by atoms with Crippen LogP contribution < -0.4 is 14.2 Å². The molecule has 0 saturated carbocycles. The fourth-order valence-corrected chi connectivity index (χ4v) is 2.72. The Morgan fingerprint density at radius 2 is 1.68 bits per heavy atom. The first-order chi connectivity index (χ1) is 12.0. The maximum atomic E-state index is 12.3. The molecule has 0 N–H and O–H groups in total. The van der Waals surface area contributed by atoms with Crippen LogP contribution in [0.5, 0.6) is 17.2 Å². The van der Waals surface area contributed by atoms with Gasteiger partial charge in [0, 0.05) is 5.56 Å². The third-order valence-electron chi connectivity index (χ3n) is 3.43. The van der Waals surface area contributed by atoms with E-state index in [0.29, 0.717) is 21.5 Å². The van der Waals surface area contributed by atoms with Crippen LogP contribution >= 0.6 is 15.9 Å². The molecule has 0 aliphatic heterocycles. The Balaban J connectivity index is 2.10. The van der Waals surface area contributed by atoms with E-state index in [9.17, 15) is 9.59 Å². The van der Waals surface area contributed by atoms with E-state index in [1.54, 1.807) is 30.3 Å². The van der Waals surface area contributed by atoms with Gasteiger partial charge in [0.05, 0.1) is 25.8 Å². The third kappa shape index (κ3) is 4.30. The topological polar surface area (TPSA) is 71.1 Å². The Labute approximate surface area is 153 Å². The van der Waals surface area contributed by atoms with E-state index in [0.717, 1.165) is 0 Å². The average Bonchev–Trinajstić information content (AvgIpc) is 2.64. The number of para-hydroxylation sites is 1. The molecular weight excluding hydrogens is 392 g/mol. The van der Waals surface area contributed by atoms with Crippen molar-refractivity contribution in [2.45, 2.75) is 0 Å². The molecule has 6 nitrogen and oxygen atoms in total. The number of esters is 1. The van der Waals surface area contributed by atoms with E-state index in [2.05, 4.69) is 15.9 Å². The molecule has 0 heterocycles. The molecule has 0 saturated heterocycles. The monoisotopic (exact) mass is 408 g/mol. The minimum atomic E-state index is -0.670. The van der Waals surface area contributed by atoms with Gasteiger partial charge in [0.1, 0.15) is 11.3 Å². The average molecular weight is 409 g/mol. The van der Waals surface area contributed by atoms with Crippen molar-refractivity contribution in [3.8, 4) is 17.2 Å². The summed E-state index contributed by atoms with van der Waals surface area (Å²) in [6, 6.07) is 9.71. The second-order valence-corrected chi connectivity index (χ2v) is 5.74. The highest BCUT2D eigenvalue weighted by atomic mass is 79.9. The van der Waals surface area contributed by atoms with Crippen LogP contribution in [0.3, 0.4) is 0 Å². The Morgan fingerprint density at radius 3 is 2.28 bits per heavy atom. The molecule has 2 rings (SSSR count). The van der Waals surface area contributed by atoms with Crippen molar-refractivity contribution in [1.82, 2.24) is 0 Å². The van der Waals surface area contributed by atoms with Crippen LogP contribution in [0.2, 0.25) is 0 Å². The molecule has 0 aliphatic carbocycles. The van der Waals surface area contributed by atoms with Crippen LogP contribution in [0, 0.1) is 0 Å². The zero-order chi connectivity index (χ0) is 18.4. The fourth-order valence-electron chi connectivity index (χ4n) is 2.18. The molecule has 0 amide bonds. The minimum absolute atomic E-state index is 0.186. The molecule has 0 aliphatic rings. The maximum absolute atomic E-state index is 12.3. The molecule has 0 aromatic heterocycles. The van der Waals surface area contributed by atoms with E-state index in [1.165, 1.54) is 27.4 Å². The summed E-state index contributed by atoms with van der Waals surface area (Å²) >= 11 is 3.31. The lowest BCUT2D eigenvalue weighted by molar-refractivity contribution is 0.0471. The number of hydrogen-bond acceptors (Lipinski definition) is 6. The lowest BCUT2D eigenvalue weighted by Gasteiger charge is -2.12. The highest BCUT2D eigenvalue weighted by Gasteiger charge is 2.19. The summed E-state index contributed by atoms with van der Waals surface area (Å²) in [6.07, 6.45) is 0. The van der Waals surface area contributed by atoms with Crippen LogP contribution in [-0.2, 0) is 4.74 Å². The number of carbonyl (C=O) groups excluding carboxylic acids is 2. The summed E-state index contributed by atoms with van der Waals surface area (Å²) < 4.78 is 21.2. The maximum Gasteiger partial charge on any atom is 0.342 e. The summed E-state index contributed by atoms with van der Waals surface area (Å²) in [6.45, 7) is -0.391. The number of ether oxygens (including phenoxy) is 4. The molecule has 2 aromatic carbocycles. The van der Waals surface area contributed by atoms with Gasteiger partial charge < -0.3 is 18.9 Å². The third-order valence-corrected chi connectivity index (χ3v) is 4.05. The first-order valence-corrected chi connectivity index (χ1v) is 8.06. The zero-order valence-electron chi connectivity index (χ0n) is 14.0. The van der Waals surface area contributed by atoms with Crippen LogP contribution in [0.4, 0.5) is 0 Å². The molecule has 0 fully saturated rings. The summed E-state index contributed by atoms with van der Waals surface area (Å²) in [5.74, 6) is 0.266. The van der Waals surface area contributed by atoms with Gasteiger partial charge in [-0.05, 0) is 46.3 Å². The van der Waals surface area contributed by atoms with E-state index < -0.39 is 12.6 Å². The largest absolute Gasteiger partial charge is 0.496 e. The Morgan fingerprint density at radius 1 is 0.960 bits per heavy atom. The highest BCUT2D eigenvalue weighted by Crippen LogP contribution is 2.31.